The van der Waals surface area contributed by atoms with Crippen molar-refractivity contribution >= 4 is 39.1 Å². The Kier molecular flexibility index (Phi) is 7.17. The van der Waals surface area contributed by atoms with E-state index in [0.29, 0.717) is 11.3 Å². The number of nitrogens with one attached hydrogen (secondary N) is 2. The number of hydrogen-bond donors (Lipinski definition) is 3. The molecule has 10 nitrogen and oxygen atoms in total. The maximum atomic E-state index is 12.4. The van der Waals surface area contributed by atoms with E-state index in [4.69, 9.17) is 5.14 Å². The van der Waals surface area contributed by atoms with Crippen LogP contribution in [0.3, 0.4) is 0 Å². The van der Waals surface area contributed by atoms with Crippen molar-refractivity contribution in [3.8, 4) is 17.3 Å². The van der Waals surface area contributed by atoms with Gasteiger partial charge in [-0.1, -0.05) is 23.9 Å². The van der Waals surface area contributed by atoms with Crippen molar-refractivity contribution in [1.29, 1.82) is 5.26 Å². The molecule has 2 aromatic carbocycles. The molecule has 1 amide bonds. The fraction of sp³-hybridized carbons (Fsp3) is 0.143. The van der Waals surface area contributed by atoms with E-state index in [-0.39, 0.29) is 27.1 Å². The van der Waals surface area contributed by atoms with Crippen LogP contribution in [0.4, 0.5) is 11.4 Å². The second kappa shape index (κ2) is 9.86. The number of anilines is 2. The van der Waals surface area contributed by atoms with Gasteiger partial charge in [-0.2, -0.15) is 5.26 Å². The quantitative estimate of drug-likeness (QED) is 0.337. The zero-order valence-electron chi connectivity index (χ0n) is 17.7. The Morgan fingerprint density at radius 2 is 1.82 bits per heavy atom. The molecule has 3 rings (SSSR count). The normalized spacial score (nSPS) is 11.0. The van der Waals surface area contributed by atoms with Gasteiger partial charge in [0.25, 0.3) is 5.56 Å². The Balaban J connectivity index is 1.75. The van der Waals surface area contributed by atoms with Gasteiger partial charge in [-0.25, -0.2) is 18.5 Å². The number of rotatable bonds is 7. The van der Waals surface area contributed by atoms with Gasteiger partial charge in [0.1, 0.15) is 11.6 Å². The molecule has 4 N–H and O–H groups in total. The van der Waals surface area contributed by atoms with E-state index in [1.54, 1.807) is 12.1 Å². The average molecular weight is 485 g/mol. The van der Waals surface area contributed by atoms with Crippen LogP contribution in [0.2, 0.25) is 0 Å². The minimum absolute atomic E-state index is 0.0691. The number of aromatic nitrogens is 2. The number of hydrogen-bond acceptors (Lipinski definition) is 8. The number of aromatic amines is 1. The first-order valence-corrected chi connectivity index (χ1v) is 12.0. The molecule has 0 bridgehead atoms. The summed E-state index contributed by atoms with van der Waals surface area (Å²) in [5.41, 5.74) is 1.45. The van der Waals surface area contributed by atoms with Gasteiger partial charge in [-0.3, -0.25) is 9.59 Å². The molecule has 0 unspecified atom stereocenters. The average Bonchev–Trinajstić information content (AvgIpc) is 2.77. The molecule has 0 aliphatic rings. The molecule has 0 radical (unpaired) electrons. The zero-order valence-corrected chi connectivity index (χ0v) is 19.3. The minimum Gasteiger partial charge on any atom is -0.378 e. The van der Waals surface area contributed by atoms with Crippen LogP contribution in [0.25, 0.3) is 11.3 Å². The summed E-state index contributed by atoms with van der Waals surface area (Å²) in [5.74, 6) is -0.475. The lowest BCUT2D eigenvalue weighted by molar-refractivity contribution is -0.113. The third-order valence-electron chi connectivity index (χ3n) is 4.47. The predicted molar refractivity (Wildman–Crippen MR) is 127 cm³/mol. The van der Waals surface area contributed by atoms with E-state index in [1.807, 2.05) is 37.2 Å². The summed E-state index contributed by atoms with van der Waals surface area (Å²) in [6, 6.07) is 14.5. The molecular formula is C21H20N6O4S2. The van der Waals surface area contributed by atoms with Crippen molar-refractivity contribution in [1.82, 2.24) is 9.97 Å². The fourth-order valence-corrected chi connectivity index (χ4v) is 3.99. The number of sulfonamides is 1. The van der Waals surface area contributed by atoms with Gasteiger partial charge in [-0.05, 0) is 36.4 Å². The maximum absolute atomic E-state index is 12.4. The highest BCUT2D eigenvalue weighted by Crippen LogP contribution is 2.24. The van der Waals surface area contributed by atoms with Crippen LogP contribution < -0.4 is 20.9 Å². The summed E-state index contributed by atoms with van der Waals surface area (Å²) in [5, 5.41) is 17.3. The van der Waals surface area contributed by atoms with Gasteiger partial charge < -0.3 is 15.2 Å². The first-order valence-electron chi connectivity index (χ1n) is 9.46. The molecule has 1 heterocycles. The van der Waals surface area contributed by atoms with E-state index in [2.05, 4.69) is 15.3 Å². The summed E-state index contributed by atoms with van der Waals surface area (Å²) < 4.78 is 22.6. The fourth-order valence-electron chi connectivity index (χ4n) is 2.81. The van der Waals surface area contributed by atoms with Gasteiger partial charge in [0.15, 0.2) is 5.16 Å². The first kappa shape index (κ1) is 24.0. The standard InChI is InChI=1S/C21H20N6O4S2/c1-27(2)15-7-3-13(4-8-15)19-17(11-22)20(29)26-21(25-19)32-12-18(28)24-14-5-9-16(10-6-14)33(23,30)31/h3-10H,12H2,1-2H3,(H,24,28)(H2,23,30,31)(H,25,26,29). The van der Waals surface area contributed by atoms with Crippen LogP contribution in [-0.2, 0) is 14.8 Å². The molecule has 170 valence electrons. The van der Waals surface area contributed by atoms with E-state index >= 15 is 0 Å². The number of primary sulfonamides is 1. The van der Waals surface area contributed by atoms with Crippen LogP contribution in [0.15, 0.2) is 63.4 Å². The molecule has 0 atom stereocenters. The maximum Gasteiger partial charge on any atom is 0.270 e. The summed E-state index contributed by atoms with van der Waals surface area (Å²) in [4.78, 5) is 33.4. The van der Waals surface area contributed by atoms with Crippen molar-refractivity contribution in [3.63, 3.8) is 0 Å². The molecule has 1 aromatic heterocycles. The van der Waals surface area contributed by atoms with Crippen molar-refractivity contribution in [3.05, 3.63) is 64.4 Å². The van der Waals surface area contributed by atoms with Crippen molar-refractivity contribution < 1.29 is 13.2 Å². The summed E-state index contributed by atoms with van der Waals surface area (Å²) >= 11 is 0.993. The highest BCUT2D eigenvalue weighted by molar-refractivity contribution is 7.99. The Morgan fingerprint density at radius 3 is 2.36 bits per heavy atom. The van der Waals surface area contributed by atoms with Crippen LogP contribution in [0, 0.1) is 11.3 Å². The number of nitriles is 1. The molecular weight excluding hydrogens is 464 g/mol. The molecule has 0 fully saturated rings. The number of carbonyl (C=O) groups is 1. The number of benzene rings is 2. The molecule has 3 aromatic rings. The number of nitrogens with zero attached hydrogens (tertiary/aromatic N) is 3. The van der Waals surface area contributed by atoms with Crippen molar-refractivity contribution in [2.45, 2.75) is 10.1 Å². The molecule has 12 heteroatoms. The lowest BCUT2D eigenvalue weighted by Gasteiger charge is -2.13. The van der Waals surface area contributed by atoms with E-state index < -0.39 is 21.5 Å². The van der Waals surface area contributed by atoms with E-state index in [9.17, 15) is 23.3 Å². The van der Waals surface area contributed by atoms with Crippen molar-refractivity contribution in [2.75, 3.05) is 30.1 Å². The second-order valence-electron chi connectivity index (χ2n) is 7.05. The molecule has 33 heavy (non-hydrogen) atoms. The number of amides is 1. The second-order valence-corrected chi connectivity index (χ2v) is 9.58. The van der Waals surface area contributed by atoms with E-state index in [1.165, 1.54) is 24.3 Å². The topological polar surface area (TPSA) is 162 Å². The zero-order chi connectivity index (χ0) is 24.2. The minimum atomic E-state index is -3.82. The smallest absolute Gasteiger partial charge is 0.270 e. The van der Waals surface area contributed by atoms with Crippen LogP contribution >= 0.6 is 11.8 Å². The molecule has 0 aliphatic carbocycles. The Morgan fingerprint density at radius 1 is 1.18 bits per heavy atom. The van der Waals surface area contributed by atoms with Gasteiger partial charge in [0.05, 0.1) is 16.3 Å². The predicted octanol–water partition coefficient (Wildman–Crippen LogP) is 1.75. The Bertz CT molecular complexity index is 1380. The number of nitrogens with two attached hydrogens (primary N) is 1. The van der Waals surface area contributed by atoms with Gasteiger partial charge in [0.2, 0.25) is 15.9 Å². The summed E-state index contributed by atoms with van der Waals surface area (Å²) in [7, 11) is -0.0255. The third kappa shape index (κ3) is 5.98. The highest BCUT2D eigenvalue weighted by Gasteiger charge is 2.15. The lowest BCUT2D eigenvalue weighted by Crippen LogP contribution is -2.17. The molecule has 0 spiro atoms. The third-order valence-corrected chi connectivity index (χ3v) is 6.28. The first-order chi connectivity index (χ1) is 15.6. The lowest BCUT2D eigenvalue weighted by atomic mass is 10.1. The SMILES string of the molecule is CN(C)c1ccc(-c2nc(SCC(=O)Nc3ccc(S(N)(=O)=O)cc3)[nH]c(=O)c2C#N)cc1. The van der Waals surface area contributed by atoms with Crippen LogP contribution in [0.1, 0.15) is 5.56 Å². The Labute approximate surface area is 194 Å². The monoisotopic (exact) mass is 484 g/mol. The number of H-pyrrole nitrogens is 1. The van der Waals surface area contributed by atoms with Crippen LogP contribution in [0.5, 0.6) is 0 Å². The number of thioether (sulfide) groups is 1. The molecule has 0 saturated carbocycles. The summed E-state index contributed by atoms with van der Waals surface area (Å²) in [6.07, 6.45) is 0. The van der Waals surface area contributed by atoms with Crippen LogP contribution in [-0.4, -0.2) is 44.1 Å². The van der Waals surface area contributed by atoms with E-state index in [0.717, 1.165) is 17.4 Å². The number of carbonyl (C=O) groups excluding carboxylic acids is 1. The van der Waals surface area contributed by atoms with Gasteiger partial charge in [0, 0.05) is 31.0 Å². The van der Waals surface area contributed by atoms with Gasteiger partial charge in [-0.15, -0.1) is 0 Å². The Hall–Kier alpha value is -3.66. The summed E-state index contributed by atoms with van der Waals surface area (Å²) in [6.45, 7) is 0. The highest BCUT2D eigenvalue weighted by atomic mass is 32.2. The largest absolute Gasteiger partial charge is 0.378 e. The molecule has 0 saturated heterocycles. The van der Waals surface area contributed by atoms with Gasteiger partial charge >= 0.3 is 0 Å². The molecule has 0 aliphatic heterocycles. The van der Waals surface area contributed by atoms with Crippen molar-refractivity contribution in [2.24, 2.45) is 5.14 Å².